The molecule has 2 aromatic carbocycles. The maximum Gasteiger partial charge on any atom is 0.257 e. The van der Waals surface area contributed by atoms with E-state index in [1.54, 1.807) is 36.4 Å². The molecule has 1 aromatic heterocycles. The van der Waals surface area contributed by atoms with E-state index in [9.17, 15) is 4.79 Å². The molecule has 0 saturated heterocycles. The number of aliphatic hydroxyl groups excluding tert-OH is 1. The van der Waals surface area contributed by atoms with E-state index >= 15 is 0 Å². The lowest BCUT2D eigenvalue weighted by Crippen LogP contribution is -2.34. The molecule has 0 aliphatic carbocycles. The molecule has 0 radical (unpaired) electrons. The van der Waals surface area contributed by atoms with Crippen LogP contribution >= 0.6 is 28.1 Å². The van der Waals surface area contributed by atoms with E-state index < -0.39 is 0 Å². The fraction of sp³-hybridized carbons (Fsp3) is 0.100. The molecule has 0 atom stereocenters. The summed E-state index contributed by atoms with van der Waals surface area (Å²) in [6.45, 7) is 1.79. The average Bonchev–Trinajstić information content (AvgIpc) is 3.13. The summed E-state index contributed by atoms with van der Waals surface area (Å²) in [6, 6.07) is 16.3. The smallest absolute Gasteiger partial charge is 0.257 e. The number of thiocarbonyl (C=S) groups is 1. The minimum atomic E-state index is -0.285. The van der Waals surface area contributed by atoms with Gasteiger partial charge in [0.05, 0.1) is 0 Å². The minimum Gasteiger partial charge on any atom is -0.459 e. The van der Waals surface area contributed by atoms with Crippen LogP contribution < -0.4 is 10.6 Å². The number of benzene rings is 2. The average molecular weight is 445 g/mol. The summed E-state index contributed by atoms with van der Waals surface area (Å²) in [6.07, 6.45) is 0. The Labute approximate surface area is 170 Å². The molecule has 0 bridgehead atoms. The molecule has 3 N–H and O–H groups in total. The molecule has 7 heteroatoms. The Morgan fingerprint density at radius 2 is 1.89 bits per heavy atom. The molecule has 0 unspecified atom stereocenters. The molecule has 1 heterocycles. The lowest BCUT2D eigenvalue weighted by atomic mass is 10.1. The van der Waals surface area contributed by atoms with Gasteiger partial charge < -0.3 is 14.8 Å². The zero-order valence-corrected chi connectivity index (χ0v) is 16.9. The SMILES string of the molecule is Cc1ccc(-c2ccc(CO)o2)cc1NC(=S)NC(=O)c1ccc(Br)cc1. The van der Waals surface area contributed by atoms with E-state index in [2.05, 4.69) is 26.6 Å². The standard InChI is InChI=1S/C20H17BrN2O3S/c1-12-2-3-14(18-9-8-16(11-24)26-18)10-17(12)22-20(27)23-19(25)13-4-6-15(21)7-5-13/h2-10,24H,11H2,1H3,(H2,22,23,25,27). The number of amides is 1. The number of furan rings is 1. The van der Waals surface area contributed by atoms with Gasteiger partial charge in [-0.25, -0.2) is 0 Å². The zero-order valence-electron chi connectivity index (χ0n) is 14.5. The van der Waals surface area contributed by atoms with Crippen LogP contribution in [0.15, 0.2) is 63.5 Å². The zero-order chi connectivity index (χ0) is 19.4. The van der Waals surface area contributed by atoms with Crippen molar-refractivity contribution in [3.63, 3.8) is 0 Å². The summed E-state index contributed by atoms with van der Waals surface area (Å²) in [4.78, 5) is 12.3. The number of hydrogen-bond acceptors (Lipinski definition) is 4. The monoisotopic (exact) mass is 444 g/mol. The molecule has 3 aromatic rings. The number of carbonyl (C=O) groups excluding carboxylic acids is 1. The van der Waals surface area contributed by atoms with E-state index in [4.69, 9.17) is 21.7 Å². The fourth-order valence-corrected chi connectivity index (χ4v) is 2.93. The van der Waals surface area contributed by atoms with Crippen molar-refractivity contribution in [2.24, 2.45) is 0 Å². The lowest BCUT2D eigenvalue weighted by Gasteiger charge is -2.13. The van der Waals surface area contributed by atoms with Gasteiger partial charge in [-0.15, -0.1) is 0 Å². The van der Waals surface area contributed by atoms with Gasteiger partial charge in [-0.1, -0.05) is 28.1 Å². The van der Waals surface area contributed by atoms with Gasteiger partial charge in [0.1, 0.15) is 18.1 Å². The van der Waals surface area contributed by atoms with Gasteiger partial charge in [0.25, 0.3) is 5.91 Å². The van der Waals surface area contributed by atoms with Crippen molar-refractivity contribution >= 4 is 44.9 Å². The Morgan fingerprint density at radius 3 is 2.56 bits per heavy atom. The van der Waals surface area contributed by atoms with Gasteiger partial charge in [0.2, 0.25) is 0 Å². The van der Waals surface area contributed by atoms with E-state index in [1.165, 1.54) is 0 Å². The maximum atomic E-state index is 12.3. The first-order valence-electron chi connectivity index (χ1n) is 8.15. The van der Waals surface area contributed by atoms with E-state index in [1.807, 2.05) is 25.1 Å². The molecule has 5 nitrogen and oxygen atoms in total. The number of aliphatic hydroxyl groups is 1. The summed E-state index contributed by atoms with van der Waals surface area (Å²) in [5, 5.41) is 15.1. The van der Waals surface area contributed by atoms with Crippen molar-refractivity contribution in [2.75, 3.05) is 5.32 Å². The van der Waals surface area contributed by atoms with Gasteiger partial charge in [-0.3, -0.25) is 10.1 Å². The Morgan fingerprint density at radius 1 is 1.15 bits per heavy atom. The van der Waals surface area contributed by atoms with Crippen LogP contribution in [0.2, 0.25) is 0 Å². The van der Waals surface area contributed by atoms with Gasteiger partial charge in [-0.2, -0.15) is 0 Å². The van der Waals surface area contributed by atoms with Crippen LogP contribution in [0, 0.1) is 6.92 Å². The molecule has 3 rings (SSSR count). The molecule has 0 fully saturated rings. The van der Waals surface area contributed by atoms with Crippen molar-refractivity contribution in [1.82, 2.24) is 5.32 Å². The Hall–Kier alpha value is -2.48. The molecule has 138 valence electrons. The highest BCUT2D eigenvalue weighted by molar-refractivity contribution is 9.10. The summed E-state index contributed by atoms with van der Waals surface area (Å²) in [7, 11) is 0. The number of carbonyl (C=O) groups is 1. The second-order valence-electron chi connectivity index (χ2n) is 5.87. The largest absolute Gasteiger partial charge is 0.459 e. The topological polar surface area (TPSA) is 74.5 Å². The fourth-order valence-electron chi connectivity index (χ4n) is 2.46. The quantitative estimate of drug-likeness (QED) is 0.511. The minimum absolute atomic E-state index is 0.150. The Bertz CT molecular complexity index is 983. The highest BCUT2D eigenvalue weighted by Gasteiger charge is 2.11. The van der Waals surface area contributed by atoms with Crippen molar-refractivity contribution in [3.05, 3.63) is 76.0 Å². The molecular formula is C20H17BrN2O3S. The van der Waals surface area contributed by atoms with Crippen LogP contribution in [0.1, 0.15) is 21.7 Å². The van der Waals surface area contributed by atoms with Gasteiger partial charge in [-0.05, 0) is 67.2 Å². The molecule has 1 amide bonds. The second-order valence-corrected chi connectivity index (χ2v) is 7.19. The molecule has 0 spiro atoms. The number of anilines is 1. The first-order chi connectivity index (χ1) is 13.0. The highest BCUT2D eigenvalue weighted by Crippen LogP contribution is 2.27. The van der Waals surface area contributed by atoms with Crippen LogP contribution in [-0.4, -0.2) is 16.1 Å². The third kappa shape index (κ3) is 4.82. The summed E-state index contributed by atoms with van der Waals surface area (Å²) >= 11 is 8.61. The first kappa shape index (κ1) is 19.3. The third-order valence-corrected chi connectivity index (χ3v) is 4.65. The van der Waals surface area contributed by atoms with Crippen molar-refractivity contribution < 1.29 is 14.3 Å². The molecule has 0 aliphatic rings. The van der Waals surface area contributed by atoms with E-state index in [-0.39, 0.29) is 17.6 Å². The number of hydrogen-bond donors (Lipinski definition) is 3. The van der Waals surface area contributed by atoms with Gasteiger partial charge >= 0.3 is 0 Å². The summed E-state index contributed by atoms with van der Waals surface area (Å²) < 4.78 is 6.46. The van der Waals surface area contributed by atoms with Crippen molar-refractivity contribution in [3.8, 4) is 11.3 Å². The summed E-state index contributed by atoms with van der Waals surface area (Å²) in [5.74, 6) is 0.858. The van der Waals surface area contributed by atoms with Gasteiger partial charge in [0.15, 0.2) is 5.11 Å². The molecule has 0 aliphatic heterocycles. The third-order valence-electron chi connectivity index (χ3n) is 3.92. The van der Waals surface area contributed by atoms with Crippen LogP contribution in [0.3, 0.4) is 0 Å². The second kappa shape index (κ2) is 8.47. The van der Waals surface area contributed by atoms with Crippen LogP contribution in [0.5, 0.6) is 0 Å². The number of nitrogens with one attached hydrogen (secondary N) is 2. The normalized spacial score (nSPS) is 10.5. The predicted molar refractivity (Wildman–Crippen MR) is 113 cm³/mol. The van der Waals surface area contributed by atoms with Crippen molar-refractivity contribution in [2.45, 2.75) is 13.5 Å². The van der Waals surface area contributed by atoms with Crippen molar-refractivity contribution in [1.29, 1.82) is 0 Å². The van der Waals surface area contributed by atoms with Gasteiger partial charge in [0, 0.05) is 21.3 Å². The summed E-state index contributed by atoms with van der Waals surface area (Å²) in [5.41, 5.74) is 3.08. The lowest BCUT2D eigenvalue weighted by molar-refractivity contribution is 0.0977. The highest BCUT2D eigenvalue weighted by atomic mass is 79.9. The van der Waals surface area contributed by atoms with E-state index in [0.717, 1.165) is 21.3 Å². The Balaban J connectivity index is 1.72. The number of rotatable bonds is 4. The maximum absolute atomic E-state index is 12.3. The molecule has 0 saturated carbocycles. The predicted octanol–water partition coefficient (Wildman–Crippen LogP) is 4.64. The molecular weight excluding hydrogens is 428 g/mol. The van der Waals surface area contributed by atoms with Crippen LogP contribution in [-0.2, 0) is 6.61 Å². The van der Waals surface area contributed by atoms with E-state index in [0.29, 0.717) is 17.1 Å². The molecule has 27 heavy (non-hydrogen) atoms. The Kier molecular flexibility index (Phi) is 6.05. The van der Waals surface area contributed by atoms with Crippen LogP contribution in [0.25, 0.3) is 11.3 Å². The number of aryl methyl sites for hydroxylation is 1. The number of halogens is 1. The first-order valence-corrected chi connectivity index (χ1v) is 9.35. The van der Waals surface area contributed by atoms with Crippen LogP contribution in [0.4, 0.5) is 5.69 Å².